The Balaban J connectivity index is 1.74. The third-order valence-corrected chi connectivity index (χ3v) is 4.96. The predicted octanol–water partition coefficient (Wildman–Crippen LogP) is 2.37. The summed E-state index contributed by atoms with van der Waals surface area (Å²) >= 11 is 0. The van der Waals surface area contributed by atoms with Crippen molar-refractivity contribution >= 4 is 11.8 Å². The smallest absolute Gasteiger partial charge is 0.343 e. The van der Waals surface area contributed by atoms with Crippen LogP contribution in [0, 0.1) is 0 Å². The Hall–Kier alpha value is -2.91. The molecule has 0 radical (unpaired) electrons. The van der Waals surface area contributed by atoms with Crippen LogP contribution < -0.4 is 0 Å². The van der Waals surface area contributed by atoms with Gasteiger partial charge in [-0.2, -0.15) is 13.2 Å². The molecule has 0 aliphatic carbocycles. The summed E-state index contributed by atoms with van der Waals surface area (Å²) in [6.45, 7) is 2.37. The fraction of sp³-hybridized carbons (Fsp3) is 0.444. The molecule has 1 aliphatic rings. The van der Waals surface area contributed by atoms with Crippen molar-refractivity contribution in [2.45, 2.75) is 32.0 Å². The number of piperidine rings is 1. The van der Waals surface area contributed by atoms with Gasteiger partial charge in [-0.3, -0.25) is 9.59 Å². The number of halogens is 3. The summed E-state index contributed by atoms with van der Waals surface area (Å²) in [6.07, 6.45) is -2.07. The van der Waals surface area contributed by atoms with Crippen LogP contribution in [0.3, 0.4) is 0 Å². The molecule has 0 N–H and O–H groups in total. The molecule has 0 spiro atoms. The zero-order valence-electron chi connectivity index (χ0n) is 15.5. The second kappa shape index (κ2) is 7.61. The van der Waals surface area contributed by atoms with Crippen LogP contribution >= 0.6 is 0 Å². The van der Waals surface area contributed by atoms with Gasteiger partial charge in [0.05, 0.1) is 17.4 Å². The maximum atomic E-state index is 13.2. The van der Waals surface area contributed by atoms with E-state index in [0.717, 1.165) is 10.7 Å². The van der Waals surface area contributed by atoms with Crippen molar-refractivity contribution < 1.29 is 22.8 Å². The third-order valence-electron chi connectivity index (χ3n) is 4.96. The first-order chi connectivity index (χ1) is 13.2. The molecular weight excluding hydrogens is 375 g/mol. The summed E-state index contributed by atoms with van der Waals surface area (Å²) < 4.78 is 40.5. The maximum Gasteiger partial charge on any atom is 0.418 e. The Morgan fingerprint density at radius 3 is 2.43 bits per heavy atom. The van der Waals surface area contributed by atoms with E-state index >= 15 is 0 Å². The van der Waals surface area contributed by atoms with E-state index in [1.807, 2.05) is 0 Å². The molecule has 1 aromatic carbocycles. The molecule has 2 heterocycles. The van der Waals surface area contributed by atoms with Gasteiger partial charge < -0.3 is 9.80 Å². The van der Waals surface area contributed by atoms with Gasteiger partial charge >= 0.3 is 6.18 Å². The Bertz CT molecular complexity index is 872. The third kappa shape index (κ3) is 4.00. The number of carbonyl (C=O) groups is 2. The number of carbonyl (C=O) groups excluding carboxylic acids is 2. The van der Waals surface area contributed by atoms with Crippen LogP contribution in [0.15, 0.2) is 30.5 Å². The highest BCUT2D eigenvalue weighted by Crippen LogP contribution is 2.33. The van der Waals surface area contributed by atoms with Crippen molar-refractivity contribution in [3.63, 3.8) is 0 Å². The average molecular weight is 395 g/mol. The van der Waals surface area contributed by atoms with Crippen LogP contribution in [0.25, 0.3) is 5.69 Å². The molecule has 1 saturated heterocycles. The number of para-hydroxylation sites is 1. The Morgan fingerprint density at radius 2 is 1.82 bits per heavy atom. The van der Waals surface area contributed by atoms with Crippen LogP contribution in [0.5, 0.6) is 0 Å². The number of hydrogen-bond donors (Lipinski definition) is 0. The first-order valence-electron chi connectivity index (χ1n) is 8.80. The van der Waals surface area contributed by atoms with Crippen LogP contribution in [0.4, 0.5) is 13.2 Å². The maximum absolute atomic E-state index is 13.2. The number of nitrogens with zero attached hydrogens (tertiary/aromatic N) is 5. The minimum Gasteiger partial charge on any atom is -0.343 e. The molecule has 28 heavy (non-hydrogen) atoms. The highest BCUT2D eigenvalue weighted by molar-refractivity contribution is 5.92. The molecule has 3 rings (SSSR count). The van der Waals surface area contributed by atoms with Crippen molar-refractivity contribution in [2.75, 3.05) is 20.1 Å². The van der Waals surface area contributed by atoms with Crippen LogP contribution in [0.2, 0.25) is 0 Å². The lowest BCUT2D eigenvalue weighted by molar-refractivity contribution is -0.137. The van der Waals surface area contributed by atoms with Gasteiger partial charge in [0.25, 0.3) is 5.91 Å². The lowest BCUT2D eigenvalue weighted by Crippen LogP contribution is -2.46. The minimum atomic E-state index is -4.54. The number of alkyl halides is 3. The molecule has 0 atom stereocenters. The predicted molar refractivity (Wildman–Crippen MR) is 93.7 cm³/mol. The van der Waals surface area contributed by atoms with Crippen molar-refractivity contribution in [3.05, 3.63) is 41.7 Å². The highest BCUT2D eigenvalue weighted by atomic mass is 19.4. The van der Waals surface area contributed by atoms with E-state index < -0.39 is 11.7 Å². The van der Waals surface area contributed by atoms with Gasteiger partial charge in [-0.1, -0.05) is 17.3 Å². The van der Waals surface area contributed by atoms with Crippen LogP contribution in [-0.2, 0) is 11.0 Å². The number of rotatable bonds is 3. The second-order valence-electron chi connectivity index (χ2n) is 6.72. The van der Waals surface area contributed by atoms with Gasteiger partial charge in [-0.25, -0.2) is 4.68 Å². The Kier molecular flexibility index (Phi) is 5.39. The monoisotopic (exact) mass is 395 g/mol. The first kappa shape index (κ1) is 19.8. The molecular formula is C18H20F3N5O2. The average Bonchev–Trinajstić information content (AvgIpc) is 3.16. The van der Waals surface area contributed by atoms with Crippen molar-refractivity contribution in [2.24, 2.45) is 0 Å². The van der Waals surface area contributed by atoms with Gasteiger partial charge in [0, 0.05) is 33.1 Å². The second-order valence-corrected chi connectivity index (χ2v) is 6.72. The van der Waals surface area contributed by atoms with E-state index in [9.17, 15) is 22.8 Å². The zero-order valence-corrected chi connectivity index (χ0v) is 15.5. The lowest BCUT2D eigenvalue weighted by Gasteiger charge is -2.36. The Labute approximate surface area is 159 Å². The van der Waals surface area contributed by atoms with E-state index in [0.29, 0.717) is 25.9 Å². The summed E-state index contributed by atoms with van der Waals surface area (Å²) in [5, 5.41) is 7.47. The van der Waals surface area contributed by atoms with E-state index in [2.05, 4.69) is 10.3 Å². The van der Waals surface area contributed by atoms with Crippen LogP contribution in [-0.4, -0.2) is 62.8 Å². The largest absolute Gasteiger partial charge is 0.418 e. The zero-order chi connectivity index (χ0) is 20.5. The fourth-order valence-corrected chi connectivity index (χ4v) is 3.27. The molecule has 7 nitrogen and oxygen atoms in total. The molecule has 1 aliphatic heterocycles. The molecule has 1 aromatic heterocycles. The SMILES string of the molecule is CC(=O)N(C)C1CCN(C(=O)c2cn(-c3ccccc3C(F)(F)F)nn2)CC1. The number of likely N-dealkylation sites (tertiary alicyclic amines) is 1. The summed E-state index contributed by atoms with van der Waals surface area (Å²) in [7, 11) is 1.73. The normalized spacial score (nSPS) is 15.5. The summed E-state index contributed by atoms with van der Waals surface area (Å²) in [5.41, 5.74) is -1.06. The lowest BCUT2D eigenvalue weighted by atomic mass is 10.0. The van der Waals surface area contributed by atoms with E-state index in [1.165, 1.54) is 31.3 Å². The molecule has 0 bridgehead atoms. The van der Waals surface area contributed by atoms with Gasteiger partial charge in [-0.15, -0.1) is 5.10 Å². The molecule has 1 fully saturated rings. The summed E-state index contributed by atoms with van der Waals surface area (Å²) in [4.78, 5) is 27.3. The van der Waals surface area contributed by atoms with Gasteiger partial charge in [0.1, 0.15) is 0 Å². The molecule has 10 heteroatoms. The molecule has 2 amide bonds. The number of amides is 2. The van der Waals surface area contributed by atoms with E-state index in [1.54, 1.807) is 16.8 Å². The van der Waals surface area contributed by atoms with Gasteiger partial charge in [-0.05, 0) is 25.0 Å². The van der Waals surface area contributed by atoms with E-state index in [4.69, 9.17) is 0 Å². The number of aromatic nitrogens is 3. The van der Waals surface area contributed by atoms with Crippen molar-refractivity contribution in [1.82, 2.24) is 24.8 Å². The van der Waals surface area contributed by atoms with Gasteiger partial charge in [0.2, 0.25) is 5.91 Å². The van der Waals surface area contributed by atoms with E-state index in [-0.39, 0.29) is 29.2 Å². The van der Waals surface area contributed by atoms with Gasteiger partial charge in [0.15, 0.2) is 5.69 Å². The standard InChI is InChI=1S/C18H20F3N5O2/c1-12(27)24(2)13-7-9-25(10-8-13)17(28)15-11-26(23-22-15)16-6-4-3-5-14(16)18(19,20)21/h3-6,11,13H,7-10H2,1-2H3. The molecule has 150 valence electrons. The minimum absolute atomic E-state index is 0.0182. The quantitative estimate of drug-likeness (QED) is 0.800. The fourth-order valence-electron chi connectivity index (χ4n) is 3.27. The van der Waals surface area contributed by atoms with Crippen molar-refractivity contribution in [1.29, 1.82) is 0 Å². The summed E-state index contributed by atoms with van der Waals surface area (Å²) in [6, 6.07) is 5.04. The first-order valence-corrected chi connectivity index (χ1v) is 8.80. The topological polar surface area (TPSA) is 71.3 Å². The number of hydrogen-bond acceptors (Lipinski definition) is 4. The molecule has 0 saturated carbocycles. The molecule has 0 unspecified atom stereocenters. The summed E-state index contributed by atoms with van der Waals surface area (Å²) in [5.74, 6) is -0.421. The highest BCUT2D eigenvalue weighted by Gasteiger charge is 2.34. The molecule has 2 aromatic rings. The van der Waals surface area contributed by atoms with Crippen molar-refractivity contribution in [3.8, 4) is 5.69 Å². The number of benzene rings is 1. The Morgan fingerprint density at radius 1 is 1.18 bits per heavy atom. The van der Waals surface area contributed by atoms with Crippen LogP contribution in [0.1, 0.15) is 35.8 Å².